The molecule has 0 saturated heterocycles. The maximum absolute atomic E-state index is 12.5. The molecule has 0 aliphatic carbocycles. The Morgan fingerprint density at radius 2 is 1.94 bits per heavy atom. The number of aryl methyl sites for hydroxylation is 1. The van der Waals surface area contributed by atoms with E-state index in [2.05, 4.69) is 54.3 Å². The second-order valence-electron chi connectivity index (χ2n) is 6.68. The maximum atomic E-state index is 12.5. The number of aromatic nitrogens is 6. The molecule has 4 heterocycles. The van der Waals surface area contributed by atoms with Gasteiger partial charge in [0.05, 0.1) is 17.6 Å². The van der Waals surface area contributed by atoms with E-state index in [0.29, 0.717) is 28.7 Å². The largest absolute Gasteiger partial charge is 0.357 e. The predicted molar refractivity (Wildman–Crippen MR) is 117 cm³/mol. The number of pyridine rings is 1. The van der Waals surface area contributed by atoms with Gasteiger partial charge in [0.1, 0.15) is 17.2 Å². The lowest BCUT2D eigenvalue weighted by atomic mass is 10.2. The fourth-order valence-corrected chi connectivity index (χ4v) is 3.23. The molecule has 1 aliphatic heterocycles. The molecule has 3 aromatic rings. The minimum atomic E-state index is -0.375. The number of carbonyl (C=O) groups is 1. The second-order valence-corrected chi connectivity index (χ2v) is 6.68. The van der Waals surface area contributed by atoms with Crippen LogP contribution in [0.15, 0.2) is 40.8 Å². The third-order valence-corrected chi connectivity index (χ3v) is 4.87. The summed E-state index contributed by atoms with van der Waals surface area (Å²) in [4.78, 5) is 32.3. The van der Waals surface area contributed by atoms with E-state index >= 15 is 0 Å². The van der Waals surface area contributed by atoms with Crippen molar-refractivity contribution in [3.05, 3.63) is 42.2 Å². The normalized spacial score (nSPS) is 13.8. The highest BCUT2D eigenvalue weighted by molar-refractivity contribution is 6.70. The first kappa shape index (κ1) is 20.3. The number of anilines is 1. The lowest BCUT2D eigenvalue weighted by Crippen LogP contribution is -2.32. The van der Waals surface area contributed by atoms with Gasteiger partial charge in [0.2, 0.25) is 11.6 Å². The van der Waals surface area contributed by atoms with E-state index in [4.69, 9.17) is 4.99 Å². The molecule has 1 N–H and O–H groups in total. The number of carbonyl (C=O) groups excluding carboxylic acids is 1. The molecule has 0 bridgehead atoms. The summed E-state index contributed by atoms with van der Waals surface area (Å²) >= 11 is 0. The van der Waals surface area contributed by atoms with E-state index in [-0.39, 0.29) is 11.6 Å². The van der Waals surface area contributed by atoms with Crippen molar-refractivity contribution < 1.29 is 4.79 Å². The summed E-state index contributed by atoms with van der Waals surface area (Å²) in [6.45, 7) is 7.77. The zero-order valence-electron chi connectivity index (χ0n) is 17.7. The lowest BCUT2D eigenvalue weighted by molar-refractivity contribution is -0.114. The molecule has 11 heteroatoms. The first-order valence-electron chi connectivity index (χ1n) is 9.92. The Hall–Kier alpha value is -4.02. The summed E-state index contributed by atoms with van der Waals surface area (Å²) in [7, 11) is 1.54. The molecule has 3 aromatic heterocycles. The van der Waals surface area contributed by atoms with Crippen LogP contribution in [-0.4, -0.2) is 67.3 Å². The van der Waals surface area contributed by atoms with Crippen LogP contribution in [0.2, 0.25) is 0 Å². The van der Waals surface area contributed by atoms with Crippen molar-refractivity contribution in [2.75, 3.05) is 25.0 Å². The molecular weight excluding hydrogens is 396 g/mol. The molecule has 1 amide bonds. The third-order valence-electron chi connectivity index (χ3n) is 4.87. The average Bonchev–Trinajstić information content (AvgIpc) is 3.36. The smallest absolute Gasteiger partial charge is 0.273 e. The van der Waals surface area contributed by atoms with Crippen molar-refractivity contribution in [3.8, 4) is 11.5 Å². The quantitative estimate of drug-likeness (QED) is 0.640. The highest BCUT2D eigenvalue weighted by Crippen LogP contribution is 2.25. The van der Waals surface area contributed by atoms with E-state index < -0.39 is 0 Å². The Morgan fingerprint density at radius 1 is 1.16 bits per heavy atom. The van der Waals surface area contributed by atoms with Crippen LogP contribution in [0.3, 0.4) is 0 Å². The van der Waals surface area contributed by atoms with Crippen LogP contribution in [0.25, 0.3) is 11.5 Å². The minimum absolute atomic E-state index is 0.143. The molecular formula is C20H22N10O. The van der Waals surface area contributed by atoms with Crippen molar-refractivity contribution in [1.82, 2.24) is 35.1 Å². The molecule has 0 aromatic carbocycles. The zero-order valence-corrected chi connectivity index (χ0v) is 17.7. The summed E-state index contributed by atoms with van der Waals surface area (Å²) in [5, 5.41) is 15.4. The average molecular weight is 418 g/mol. The summed E-state index contributed by atoms with van der Waals surface area (Å²) < 4.78 is 1.46. The van der Waals surface area contributed by atoms with Crippen molar-refractivity contribution in [2.45, 2.75) is 20.8 Å². The Bertz CT molecular complexity index is 1180. The monoisotopic (exact) mass is 418 g/mol. The van der Waals surface area contributed by atoms with Crippen molar-refractivity contribution in [3.63, 3.8) is 0 Å². The zero-order chi connectivity index (χ0) is 22.0. The number of fused-ring (bicyclic) bond motifs is 1. The van der Waals surface area contributed by atoms with Gasteiger partial charge in [0.15, 0.2) is 5.71 Å². The number of hydrogen-bond donors (Lipinski definition) is 1. The summed E-state index contributed by atoms with van der Waals surface area (Å²) in [6.07, 6.45) is 4.67. The molecule has 0 fully saturated rings. The van der Waals surface area contributed by atoms with E-state index in [1.165, 1.54) is 11.7 Å². The molecule has 31 heavy (non-hydrogen) atoms. The molecule has 0 unspecified atom stereocenters. The summed E-state index contributed by atoms with van der Waals surface area (Å²) in [5.41, 5.74) is 2.32. The molecule has 1 aliphatic rings. The fourth-order valence-electron chi connectivity index (χ4n) is 3.23. The molecule has 158 valence electrons. The number of nitrogens with zero attached hydrogens (tertiary/aromatic N) is 9. The van der Waals surface area contributed by atoms with E-state index in [1.54, 1.807) is 18.6 Å². The summed E-state index contributed by atoms with van der Waals surface area (Å²) in [5.74, 6) is 1.23. The summed E-state index contributed by atoms with van der Waals surface area (Å²) in [6, 6.07) is 3.80. The molecule has 4 rings (SSSR count). The molecule has 0 atom stereocenters. The number of rotatable bonds is 6. The van der Waals surface area contributed by atoms with Crippen LogP contribution in [0.1, 0.15) is 25.4 Å². The number of nitrogens with one attached hydrogen (secondary N) is 1. The van der Waals surface area contributed by atoms with Crippen LogP contribution >= 0.6 is 0 Å². The van der Waals surface area contributed by atoms with Gasteiger partial charge >= 0.3 is 0 Å². The topological polar surface area (TPSA) is 126 Å². The van der Waals surface area contributed by atoms with Crippen LogP contribution < -0.4 is 10.2 Å². The maximum Gasteiger partial charge on any atom is 0.273 e. The van der Waals surface area contributed by atoms with Crippen LogP contribution in [-0.2, 0) is 4.79 Å². The van der Waals surface area contributed by atoms with Crippen molar-refractivity contribution in [1.29, 1.82) is 0 Å². The number of amides is 1. The van der Waals surface area contributed by atoms with Crippen LogP contribution in [0, 0.1) is 6.92 Å². The van der Waals surface area contributed by atoms with Gasteiger partial charge in [-0.2, -0.15) is 9.78 Å². The van der Waals surface area contributed by atoms with Gasteiger partial charge in [-0.1, -0.05) is 0 Å². The van der Waals surface area contributed by atoms with Gasteiger partial charge < -0.3 is 10.2 Å². The Labute approximate surface area is 179 Å². The van der Waals surface area contributed by atoms with Gasteiger partial charge in [0.25, 0.3) is 5.91 Å². The second kappa shape index (κ2) is 8.38. The standard InChI is InChI=1S/C20H22N10O/c1-5-29(6-2)15-8-7-13(12(3)24-15)25-16-17(20(31)21-4)28-30-18(26-27-19(16)30)14-11-22-9-10-23-14/h7-11H,5-6H2,1-4H3,(H,21,31). The Morgan fingerprint density at radius 3 is 2.58 bits per heavy atom. The molecule has 11 nitrogen and oxygen atoms in total. The van der Waals surface area contributed by atoms with E-state index in [0.717, 1.165) is 24.6 Å². The Balaban J connectivity index is 1.80. The van der Waals surface area contributed by atoms with E-state index in [9.17, 15) is 4.79 Å². The van der Waals surface area contributed by atoms with Gasteiger partial charge in [-0.15, -0.1) is 10.2 Å². The fraction of sp³-hybridized carbons (Fsp3) is 0.300. The SMILES string of the molecule is CCN(CC)c1ccc(N=C2C(C(=O)NC)=Nn3c2nnc3-c2cnccn2)c(C)n1. The van der Waals surface area contributed by atoms with Crippen LogP contribution in [0.5, 0.6) is 0 Å². The Kier molecular flexibility index (Phi) is 5.48. The number of aliphatic imine (C=N–C) groups is 1. The van der Waals surface area contributed by atoms with Gasteiger partial charge in [0, 0.05) is 32.5 Å². The number of hydrogen-bond acceptors (Lipinski definition) is 9. The first-order valence-corrected chi connectivity index (χ1v) is 9.92. The lowest BCUT2D eigenvalue weighted by Gasteiger charge is -2.20. The van der Waals surface area contributed by atoms with Crippen molar-refractivity contribution >= 4 is 28.8 Å². The molecule has 0 spiro atoms. The molecule has 0 saturated carbocycles. The molecule has 0 radical (unpaired) electrons. The van der Waals surface area contributed by atoms with Gasteiger partial charge in [-0.3, -0.25) is 9.78 Å². The van der Waals surface area contributed by atoms with Crippen molar-refractivity contribution in [2.24, 2.45) is 10.1 Å². The van der Waals surface area contributed by atoms with E-state index in [1.807, 2.05) is 19.1 Å². The van der Waals surface area contributed by atoms with Gasteiger partial charge in [-0.05, 0) is 32.9 Å². The first-order chi connectivity index (χ1) is 15.1. The highest BCUT2D eigenvalue weighted by atomic mass is 16.2. The third kappa shape index (κ3) is 3.65. The predicted octanol–water partition coefficient (Wildman–Crippen LogP) is 1.37. The minimum Gasteiger partial charge on any atom is -0.357 e. The van der Waals surface area contributed by atoms with Crippen LogP contribution in [0.4, 0.5) is 11.5 Å². The van der Waals surface area contributed by atoms with Gasteiger partial charge in [-0.25, -0.2) is 15.0 Å². The highest BCUT2D eigenvalue weighted by Gasteiger charge is 2.33.